The standard InChI is InChI=1S/C9H12BrNS/c10-9-4-3-8(12-9)7(5-11)6-1-2-6/h3-4,6-7H,1-2,5,11H2. The van der Waals surface area contributed by atoms with Crippen molar-refractivity contribution < 1.29 is 0 Å². The molecule has 1 aliphatic carbocycles. The van der Waals surface area contributed by atoms with Gasteiger partial charge < -0.3 is 5.73 Å². The van der Waals surface area contributed by atoms with Crippen molar-refractivity contribution in [2.24, 2.45) is 11.7 Å². The van der Waals surface area contributed by atoms with Crippen LogP contribution in [0, 0.1) is 5.92 Å². The molecule has 0 saturated heterocycles. The zero-order valence-corrected chi connectivity index (χ0v) is 9.20. The van der Waals surface area contributed by atoms with Gasteiger partial charge in [0.1, 0.15) is 0 Å². The summed E-state index contributed by atoms with van der Waals surface area (Å²) in [5.74, 6) is 1.50. The summed E-state index contributed by atoms with van der Waals surface area (Å²) in [4.78, 5) is 1.45. The largest absolute Gasteiger partial charge is 0.330 e. The molecule has 1 aliphatic rings. The van der Waals surface area contributed by atoms with Crippen LogP contribution in [0.15, 0.2) is 15.9 Å². The summed E-state index contributed by atoms with van der Waals surface area (Å²) >= 11 is 5.30. The second-order valence-electron chi connectivity index (χ2n) is 3.32. The highest BCUT2D eigenvalue weighted by atomic mass is 79.9. The molecule has 1 aromatic rings. The Kier molecular flexibility index (Phi) is 2.53. The van der Waals surface area contributed by atoms with Gasteiger partial charge in [-0.25, -0.2) is 0 Å². The number of halogens is 1. The average Bonchev–Trinajstić information content (AvgIpc) is 2.78. The van der Waals surface area contributed by atoms with E-state index in [0.29, 0.717) is 5.92 Å². The second kappa shape index (κ2) is 3.48. The Bertz CT molecular complexity index is 267. The number of nitrogens with two attached hydrogens (primary N) is 1. The van der Waals surface area contributed by atoms with Gasteiger partial charge in [0.15, 0.2) is 0 Å². The minimum Gasteiger partial charge on any atom is -0.330 e. The maximum absolute atomic E-state index is 5.75. The normalized spacial score (nSPS) is 19.5. The predicted octanol–water partition coefficient (Wildman–Crippen LogP) is 2.96. The van der Waals surface area contributed by atoms with Crippen LogP contribution in [-0.2, 0) is 0 Å². The van der Waals surface area contributed by atoms with E-state index in [2.05, 4.69) is 28.1 Å². The second-order valence-corrected chi connectivity index (χ2v) is 5.82. The summed E-state index contributed by atoms with van der Waals surface area (Å²) in [6.07, 6.45) is 2.74. The van der Waals surface area contributed by atoms with E-state index in [1.165, 1.54) is 21.5 Å². The number of thiophene rings is 1. The fourth-order valence-electron chi connectivity index (χ4n) is 1.57. The summed E-state index contributed by atoms with van der Waals surface area (Å²) in [6, 6.07) is 4.32. The molecule has 2 N–H and O–H groups in total. The van der Waals surface area contributed by atoms with Crippen LogP contribution in [0.5, 0.6) is 0 Å². The molecule has 1 nitrogen and oxygen atoms in total. The Balaban J connectivity index is 2.15. The molecule has 3 heteroatoms. The molecule has 2 rings (SSSR count). The summed E-state index contributed by atoms with van der Waals surface area (Å²) in [5.41, 5.74) is 5.75. The van der Waals surface area contributed by atoms with E-state index < -0.39 is 0 Å². The Morgan fingerprint density at radius 2 is 2.33 bits per heavy atom. The fraction of sp³-hybridized carbons (Fsp3) is 0.556. The molecular formula is C9H12BrNS. The lowest BCUT2D eigenvalue weighted by Gasteiger charge is -2.10. The molecule has 1 heterocycles. The van der Waals surface area contributed by atoms with Crippen LogP contribution in [0.4, 0.5) is 0 Å². The fourth-order valence-corrected chi connectivity index (χ4v) is 3.20. The van der Waals surface area contributed by atoms with Crippen LogP contribution >= 0.6 is 27.3 Å². The third-order valence-corrected chi connectivity index (χ3v) is 4.16. The first kappa shape index (κ1) is 8.73. The minimum absolute atomic E-state index is 0.626. The maximum atomic E-state index is 5.75. The van der Waals surface area contributed by atoms with Gasteiger partial charge >= 0.3 is 0 Å². The lowest BCUT2D eigenvalue weighted by atomic mass is 10.0. The van der Waals surface area contributed by atoms with Gasteiger partial charge in [0.25, 0.3) is 0 Å². The van der Waals surface area contributed by atoms with Crippen LogP contribution in [0.2, 0.25) is 0 Å². The van der Waals surface area contributed by atoms with Crippen LogP contribution in [0.1, 0.15) is 23.6 Å². The molecule has 0 radical (unpaired) electrons. The van der Waals surface area contributed by atoms with Gasteiger partial charge in [-0.3, -0.25) is 0 Å². The average molecular weight is 246 g/mol. The highest BCUT2D eigenvalue weighted by Crippen LogP contribution is 2.44. The predicted molar refractivity (Wildman–Crippen MR) is 56.5 cm³/mol. The molecule has 1 aromatic heterocycles. The van der Waals surface area contributed by atoms with Gasteiger partial charge in [0, 0.05) is 17.3 Å². The van der Waals surface area contributed by atoms with E-state index in [0.717, 1.165) is 12.5 Å². The van der Waals surface area contributed by atoms with Crippen LogP contribution in [0.25, 0.3) is 0 Å². The first-order valence-electron chi connectivity index (χ1n) is 4.26. The van der Waals surface area contributed by atoms with Crippen molar-refractivity contribution in [2.75, 3.05) is 6.54 Å². The lowest BCUT2D eigenvalue weighted by molar-refractivity contribution is 0.626. The van der Waals surface area contributed by atoms with Gasteiger partial charge in [0.05, 0.1) is 3.79 Å². The third kappa shape index (κ3) is 1.73. The minimum atomic E-state index is 0.626. The monoisotopic (exact) mass is 245 g/mol. The molecule has 0 aliphatic heterocycles. The highest BCUT2D eigenvalue weighted by Gasteiger charge is 2.31. The lowest BCUT2D eigenvalue weighted by Crippen LogP contribution is -2.12. The first-order chi connectivity index (χ1) is 5.81. The molecule has 1 unspecified atom stereocenters. The van der Waals surface area contributed by atoms with Crippen molar-refractivity contribution in [2.45, 2.75) is 18.8 Å². The summed E-state index contributed by atoms with van der Waals surface area (Å²) < 4.78 is 1.22. The number of rotatable bonds is 3. The molecule has 1 fully saturated rings. The van der Waals surface area contributed by atoms with Gasteiger partial charge in [-0.1, -0.05) is 0 Å². The molecule has 0 aromatic carbocycles. The SMILES string of the molecule is NCC(c1ccc(Br)s1)C1CC1. The van der Waals surface area contributed by atoms with Crippen molar-refractivity contribution in [3.8, 4) is 0 Å². The molecular weight excluding hydrogens is 234 g/mol. The van der Waals surface area contributed by atoms with Gasteiger partial charge in [-0.15, -0.1) is 11.3 Å². The Labute approximate surface area is 85.1 Å². The van der Waals surface area contributed by atoms with Crippen molar-refractivity contribution in [1.82, 2.24) is 0 Å². The van der Waals surface area contributed by atoms with Gasteiger partial charge in [0.2, 0.25) is 0 Å². The highest BCUT2D eigenvalue weighted by molar-refractivity contribution is 9.11. The van der Waals surface area contributed by atoms with E-state index >= 15 is 0 Å². The number of hydrogen-bond acceptors (Lipinski definition) is 2. The summed E-state index contributed by atoms with van der Waals surface area (Å²) in [7, 11) is 0. The van der Waals surface area contributed by atoms with E-state index in [1.54, 1.807) is 0 Å². The van der Waals surface area contributed by atoms with Crippen LogP contribution in [-0.4, -0.2) is 6.54 Å². The molecule has 66 valence electrons. The van der Waals surface area contributed by atoms with Crippen LogP contribution in [0.3, 0.4) is 0 Å². The Hall–Kier alpha value is 0.140. The van der Waals surface area contributed by atoms with E-state index in [-0.39, 0.29) is 0 Å². The molecule has 0 amide bonds. The summed E-state index contributed by atoms with van der Waals surface area (Å²) in [6.45, 7) is 0.803. The third-order valence-electron chi connectivity index (χ3n) is 2.40. The Morgan fingerprint density at radius 3 is 2.75 bits per heavy atom. The van der Waals surface area contributed by atoms with E-state index in [9.17, 15) is 0 Å². The van der Waals surface area contributed by atoms with Crippen molar-refractivity contribution in [3.63, 3.8) is 0 Å². The van der Waals surface area contributed by atoms with Crippen molar-refractivity contribution in [3.05, 3.63) is 20.8 Å². The first-order valence-corrected chi connectivity index (χ1v) is 5.87. The van der Waals surface area contributed by atoms with Gasteiger partial charge in [-0.2, -0.15) is 0 Å². The molecule has 0 spiro atoms. The molecule has 1 saturated carbocycles. The summed E-state index contributed by atoms with van der Waals surface area (Å²) in [5, 5.41) is 0. The number of hydrogen-bond donors (Lipinski definition) is 1. The zero-order chi connectivity index (χ0) is 8.55. The van der Waals surface area contributed by atoms with E-state index in [4.69, 9.17) is 5.73 Å². The molecule has 1 atom stereocenters. The van der Waals surface area contributed by atoms with Crippen molar-refractivity contribution in [1.29, 1.82) is 0 Å². The maximum Gasteiger partial charge on any atom is 0.0701 e. The Morgan fingerprint density at radius 1 is 1.58 bits per heavy atom. The van der Waals surface area contributed by atoms with Crippen molar-refractivity contribution >= 4 is 27.3 Å². The van der Waals surface area contributed by atoms with E-state index in [1.807, 2.05) is 11.3 Å². The topological polar surface area (TPSA) is 26.0 Å². The molecule has 12 heavy (non-hydrogen) atoms. The van der Waals surface area contributed by atoms with Gasteiger partial charge in [-0.05, 0) is 46.8 Å². The smallest absolute Gasteiger partial charge is 0.0701 e. The quantitative estimate of drug-likeness (QED) is 0.871. The molecule has 0 bridgehead atoms. The van der Waals surface area contributed by atoms with Crippen LogP contribution < -0.4 is 5.73 Å². The zero-order valence-electron chi connectivity index (χ0n) is 6.79.